The number of nitrogens with zero attached hydrogens (tertiary/aromatic N) is 1. The van der Waals surface area contributed by atoms with Crippen LogP contribution in [0.1, 0.15) is 23.2 Å². The predicted molar refractivity (Wildman–Crippen MR) is 61.6 cm³/mol. The topological polar surface area (TPSA) is 78.0 Å². The van der Waals surface area contributed by atoms with Gasteiger partial charge in [0.15, 0.2) is 0 Å². The van der Waals surface area contributed by atoms with Crippen molar-refractivity contribution in [3.05, 3.63) is 17.8 Å². The van der Waals surface area contributed by atoms with Crippen molar-refractivity contribution < 1.29 is 9.90 Å². The van der Waals surface area contributed by atoms with Gasteiger partial charge in [-0.3, -0.25) is 4.79 Å². The normalized spacial score (nSPS) is 18.2. The Hall–Kier alpha value is -1.88. The van der Waals surface area contributed by atoms with Crippen molar-refractivity contribution in [1.82, 2.24) is 15.3 Å². The first-order valence-corrected chi connectivity index (χ1v) is 5.68. The minimum Gasteiger partial charge on any atom is -0.394 e. The second kappa shape index (κ2) is 2.68. The van der Waals surface area contributed by atoms with Gasteiger partial charge < -0.3 is 15.4 Å². The van der Waals surface area contributed by atoms with Crippen LogP contribution in [0.3, 0.4) is 0 Å². The Kier molecular flexibility index (Phi) is 1.45. The van der Waals surface area contributed by atoms with Crippen molar-refractivity contribution in [3.8, 4) is 11.4 Å². The molecule has 4 rings (SSSR count). The Labute approximate surface area is 96.9 Å². The molecule has 1 fully saturated rings. The lowest BCUT2D eigenvalue weighted by atomic mass is 10.2. The van der Waals surface area contributed by atoms with E-state index in [4.69, 9.17) is 0 Å². The average Bonchev–Trinajstić information content (AvgIpc) is 3.18. The lowest BCUT2D eigenvalue weighted by Crippen LogP contribution is -2.39. The monoisotopic (exact) mass is 229 g/mol. The van der Waals surface area contributed by atoms with Crippen molar-refractivity contribution in [2.45, 2.75) is 18.4 Å². The molecule has 0 atom stereocenters. The molecule has 0 unspecified atom stereocenters. The van der Waals surface area contributed by atoms with Crippen molar-refractivity contribution >= 4 is 16.8 Å². The highest BCUT2D eigenvalue weighted by molar-refractivity contribution is 6.13. The number of carbonyl (C=O) groups is 1. The Morgan fingerprint density at radius 2 is 2.41 bits per heavy atom. The molecule has 0 spiro atoms. The number of hydrogen-bond donors (Lipinski definition) is 3. The summed E-state index contributed by atoms with van der Waals surface area (Å²) in [6.45, 7) is 0.0130. The molecule has 0 radical (unpaired) electrons. The number of nitrogens with one attached hydrogen (secondary N) is 2. The Bertz CT molecular complexity index is 655. The van der Waals surface area contributed by atoms with E-state index in [1.165, 1.54) is 0 Å². The van der Waals surface area contributed by atoms with Gasteiger partial charge in [-0.15, -0.1) is 0 Å². The van der Waals surface area contributed by atoms with Crippen LogP contribution < -0.4 is 5.32 Å². The van der Waals surface area contributed by atoms with Gasteiger partial charge in [-0.25, -0.2) is 4.98 Å². The Balaban J connectivity index is 1.69. The maximum absolute atomic E-state index is 12.1. The number of H-pyrrole nitrogens is 1. The van der Waals surface area contributed by atoms with Crippen molar-refractivity contribution in [1.29, 1.82) is 0 Å². The summed E-state index contributed by atoms with van der Waals surface area (Å²) in [6, 6.07) is 1.93. The van der Waals surface area contributed by atoms with Crippen LogP contribution in [-0.2, 0) is 0 Å². The van der Waals surface area contributed by atoms with Gasteiger partial charge in [0.1, 0.15) is 5.69 Å². The second-order valence-electron chi connectivity index (χ2n) is 4.87. The molecule has 3 N–H and O–H groups in total. The molecule has 0 bridgehead atoms. The second-order valence-corrected chi connectivity index (χ2v) is 4.87. The molecule has 0 aromatic carbocycles. The minimum atomic E-state index is -0.368. The van der Waals surface area contributed by atoms with E-state index in [-0.39, 0.29) is 18.1 Å². The predicted octanol–water partition coefficient (Wildman–Crippen LogP) is 0.798. The van der Waals surface area contributed by atoms with Gasteiger partial charge in [0, 0.05) is 11.6 Å². The molecular formula is C12H11N3O2. The number of carbonyl (C=O) groups excluding carboxylic acids is 1. The molecule has 1 amide bonds. The first-order valence-electron chi connectivity index (χ1n) is 5.68. The molecule has 2 heterocycles. The van der Waals surface area contributed by atoms with E-state index in [1.807, 2.05) is 6.07 Å². The number of hydrogen-bond acceptors (Lipinski definition) is 3. The third kappa shape index (κ3) is 1.17. The summed E-state index contributed by atoms with van der Waals surface area (Å²) in [7, 11) is 0. The van der Waals surface area contributed by atoms with Crippen LogP contribution in [0.2, 0.25) is 0 Å². The van der Waals surface area contributed by atoms with Crippen LogP contribution in [0, 0.1) is 0 Å². The summed E-state index contributed by atoms with van der Waals surface area (Å²) in [4.78, 5) is 19.3. The molecular weight excluding hydrogens is 218 g/mol. The quantitative estimate of drug-likeness (QED) is 0.621. The molecule has 1 saturated carbocycles. The first-order chi connectivity index (χ1) is 8.22. The Morgan fingerprint density at radius 3 is 3.12 bits per heavy atom. The van der Waals surface area contributed by atoms with E-state index in [2.05, 4.69) is 15.3 Å². The SMILES string of the molecule is O=C(NC1(CO)CC1)c1c[nH]c2c3nc-3cc12. The van der Waals surface area contributed by atoms with Crippen LogP contribution in [0.4, 0.5) is 0 Å². The molecule has 1 aromatic rings. The minimum absolute atomic E-state index is 0.0130. The lowest BCUT2D eigenvalue weighted by Gasteiger charge is -2.13. The summed E-state index contributed by atoms with van der Waals surface area (Å²) < 4.78 is 0. The third-order valence-corrected chi connectivity index (χ3v) is 3.64. The summed E-state index contributed by atoms with van der Waals surface area (Å²) >= 11 is 0. The van der Waals surface area contributed by atoms with E-state index >= 15 is 0 Å². The molecule has 86 valence electrons. The van der Waals surface area contributed by atoms with E-state index < -0.39 is 0 Å². The highest BCUT2D eigenvalue weighted by atomic mass is 16.3. The summed E-state index contributed by atoms with van der Waals surface area (Å²) in [5.41, 5.74) is 3.17. The Morgan fingerprint density at radius 1 is 1.59 bits per heavy atom. The van der Waals surface area contributed by atoms with E-state index in [9.17, 15) is 9.90 Å². The molecule has 2 aliphatic carbocycles. The van der Waals surface area contributed by atoms with Crippen molar-refractivity contribution in [2.24, 2.45) is 0 Å². The van der Waals surface area contributed by atoms with Crippen LogP contribution in [-0.4, -0.2) is 33.1 Å². The van der Waals surface area contributed by atoms with Gasteiger partial charge in [0.05, 0.1) is 28.9 Å². The average molecular weight is 229 g/mol. The molecule has 3 aliphatic rings. The highest BCUT2D eigenvalue weighted by Crippen LogP contribution is 2.40. The fraction of sp³-hybridized carbons (Fsp3) is 0.333. The maximum Gasteiger partial charge on any atom is 0.253 e. The molecule has 5 nitrogen and oxygen atoms in total. The third-order valence-electron chi connectivity index (χ3n) is 3.64. The van der Waals surface area contributed by atoms with Gasteiger partial charge in [-0.2, -0.15) is 0 Å². The number of rotatable bonds is 3. The highest BCUT2D eigenvalue weighted by Gasteiger charge is 2.43. The lowest BCUT2D eigenvalue weighted by molar-refractivity contribution is 0.0908. The molecule has 5 heteroatoms. The van der Waals surface area contributed by atoms with E-state index in [1.54, 1.807) is 6.20 Å². The smallest absolute Gasteiger partial charge is 0.253 e. The number of aliphatic hydroxyl groups is 1. The molecule has 1 aliphatic heterocycles. The molecule has 17 heavy (non-hydrogen) atoms. The van der Waals surface area contributed by atoms with Crippen LogP contribution in [0.5, 0.6) is 0 Å². The van der Waals surface area contributed by atoms with Gasteiger partial charge in [-0.1, -0.05) is 0 Å². The maximum atomic E-state index is 12.1. The van der Waals surface area contributed by atoms with E-state index in [0.717, 1.165) is 35.1 Å². The van der Waals surface area contributed by atoms with Gasteiger partial charge in [0.2, 0.25) is 0 Å². The number of aliphatic hydroxyl groups excluding tert-OH is 1. The molecule has 1 aromatic heterocycles. The van der Waals surface area contributed by atoms with Crippen molar-refractivity contribution in [3.63, 3.8) is 0 Å². The number of aromatic amines is 1. The summed E-state index contributed by atoms with van der Waals surface area (Å²) in [6.07, 6.45) is 3.42. The van der Waals surface area contributed by atoms with Crippen LogP contribution >= 0.6 is 0 Å². The zero-order valence-corrected chi connectivity index (χ0v) is 9.08. The number of fused-ring (bicyclic) bond motifs is 3. The largest absolute Gasteiger partial charge is 0.394 e. The van der Waals surface area contributed by atoms with Gasteiger partial charge in [0.25, 0.3) is 5.91 Å². The fourth-order valence-electron chi connectivity index (χ4n) is 2.26. The fourth-order valence-corrected chi connectivity index (χ4v) is 2.26. The summed E-state index contributed by atoms with van der Waals surface area (Å²) in [5, 5.41) is 13.0. The van der Waals surface area contributed by atoms with Gasteiger partial charge in [-0.05, 0) is 18.9 Å². The van der Waals surface area contributed by atoms with Crippen molar-refractivity contribution in [2.75, 3.05) is 6.61 Å². The molecule has 0 saturated heterocycles. The zero-order valence-electron chi connectivity index (χ0n) is 9.08. The number of pyridine rings is 1. The van der Waals surface area contributed by atoms with E-state index in [0.29, 0.717) is 5.56 Å². The van der Waals surface area contributed by atoms with Crippen LogP contribution in [0.15, 0.2) is 12.3 Å². The number of amides is 1. The number of aromatic nitrogens is 2. The van der Waals surface area contributed by atoms with Gasteiger partial charge >= 0.3 is 0 Å². The summed E-state index contributed by atoms with van der Waals surface area (Å²) in [5.74, 6) is -0.118. The zero-order chi connectivity index (χ0) is 11.6. The first kappa shape index (κ1) is 9.18. The standard InChI is InChI=1S/C12H11N3O2/c16-5-12(1-2-12)15-11(17)7-4-13-9-6(7)3-8-10(9)14-8/h3-4,13,16H,1-2,5H2,(H,15,17). The van der Waals surface area contributed by atoms with Crippen LogP contribution in [0.25, 0.3) is 22.3 Å².